The van der Waals surface area contributed by atoms with Gasteiger partial charge in [0, 0.05) is 6.07 Å². The highest BCUT2D eigenvalue weighted by Gasteiger charge is 2.35. The monoisotopic (exact) mass is 454 g/mol. The molecular weight excluding hydrogens is 443 g/mol. The smallest absolute Gasteiger partial charge is 0.315 e. The van der Waals surface area contributed by atoms with Crippen LogP contribution in [0, 0.1) is 10.1 Å². The normalized spacial score (nSPS) is 15.3. The highest BCUT2D eigenvalue weighted by Crippen LogP contribution is 2.39. The van der Waals surface area contributed by atoms with Gasteiger partial charge in [-0.15, -0.1) is 0 Å². The Morgan fingerprint density at radius 2 is 1.97 bits per heavy atom. The molecule has 1 aliphatic rings. The minimum atomic E-state index is -0.773. The van der Waals surface area contributed by atoms with Gasteiger partial charge in [0.15, 0.2) is 5.75 Å². The van der Waals surface area contributed by atoms with E-state index >= 15 is 0 Å². The molecule has 2 aromatic carbocycles. The second-order valence-corrected chi connectivity index (χ2v) is 7.67. The van der Waals surface area contributed by atoms with E-state index in [-0.39, 0.29) is 22.8 Å². The average molecular weight is 455 g/mol. The number of hydrogen-bond donors (Lipinski definition) is 1. The number of rotatable bonds is 5. The lowest BCUT2D eigenvalue weighted by Crippen LogP contribution is -2.27. The number of ether oxygens (including phenoxy) is 1. The van der Waals surface area contributed by atoms with Gasteiger partial charge in [0.1, 0.15) is 0 Å². The Kier molecular flexibility index (Phi) is 6.02. The minimum Gasteiger partial charge on any atom is -0.500 e. The highest BCUT2D eigenvalue weighted by atomic mass is 35.5. The van der Waals surface area contributed by atoms with Crippen molar-refractivity contribution in [1.82, 2.24) is 4.90 Å². The first-order valence-corrected chi connectivity index (χ1v) is 9.53. The van der Waals surface area contributed by atoms with Gasteiger partial charge in [0.05, 0.1) is 33.5 Å². The van der Waals surface area contributed by atoms with Crippen molar-refractivity contribution < 1.29 is 24.4 Å². The number of nitrogens with zero attached hydrogens (tertiary/aromatic N) is 2. The van der Waals surface area contributed by atoms with Crippen LogP contribution < -0.4 is 4.74 Å². The van der Waals surface area contributed by atoms with Gasteiger partial charge in [-0.3, -0.25) is 24.6 Å². The molecule has 0 bridgehead atoms. The molecule has 3 rings (SSSR count). The van der Waals surface area contributed by atoms with Crippen molar-refractivity contribution in [3.63, 3.8) is 0 Å². The van der Waals surface area contributed by atoms with Gasteiger partial charge in [0.2, 0.25) is 5.75 Å². The third-order valence-corrected chi connectivity index (χ3v) is 5.64. The summed E-state index contributed by atoms with van der Waals surface area (Å²) in [6.07, 6.45) is 1.33. The van der Waals surface area contributed by atoms with E-state index in [1.165, 1.54) is 19.3 Å². The fourth-order valence-corrected chi connectivity index (χ4v) is 3.76. The Bertz CT molecular complexity index is 1070. The number of methoxy groups -OCH3 is 1. The molecule has 29 heavy (non-hydrogen) atoms. The van der Waals surface area contributed by atoms with Crippen LogP contribution in [0.25, 0.3) is 6.08 Å². The predicted octanol–water partition coefficient (Wildman–Crippen LogP) is 4.85. The number of halogens is 2. The maximum atomic E-state index is 12.7. The van der Waals surface area contributed by atoms with Crippen molar-refractivity contribution in [1.29, 1.82) is 0 Å². The van der Waals surface area contributed by atoms with Gasteiger partial charge in [-0.05, 0) is 47.2 Å². The summed E-state index contributed by atoms with van der Waals surface area (Å²) >= 11 is 12.5. The van der Waals surface area contributed by atoms with Crippen LogP contribution in [-0.2, 0) is 11.3 Å². The molecule has 0 saturated carbocycles. The molecule has 2 amide bonds. The molecule has 1 fully saturated rings. The number of phenolic OH excluding ortho intramolecular Hbond substituents is 1. The molecule has 150 valence electrons. The van der Waals surface area contributed by atoms with E-state index < -0.39 is 27.5 Å². The molecule has 1 saturated heterocycles. The Hall–Kier alpha value is -2.75. The van der Waals surface area contributed by atoms with Gasteiger partial charge in [-0.25, -0.2) is 0 Å². The quantitative estimate of drug-likeness (QED) is 0.390. The first kappa shape index (κ1) is 21.0. The van der Waals surface area contributed by atoms with E-state index in [1.807, 2.05) is 0 Å². The summed E-state index contributed by atoms with van der Waals surface area (Å²) < 4.78 is 4.93. The lowest BCUT2D eigenvalue weighted by Gasteiger charge is -2.13. The number of hydrogen-bond acceptors (Lipinski definition) is 7. The van der Waals surface area contributed by atoms with E-state index in [2.05, 4.69) is 0 Å². The Morgan fingerprint density at radius 1 is 1.24 bits per heavy atom. The zero-order valence-electron chi connectivity index (χ0n) is 14.7. The lowest BCUT2D eigenvalue weighted by molar-refractivity contribution is -0.386. The molecule has 8 nitrogen and oxygen atoms in total. The summed E-state index contributed by atoms with van der Waals surface area (Å²) in [4.78, 5) is 36.4. The van der Waals surface area contributed by atoms with Crippen molar-refractivity contribution in [3.8, 4) is 11.5 Å². The second kappa shape index (κ2) is 8.32. The predicted molar refractivity (Wildman–Crippen MR) is 109 cm³/mol. The fraction of sp³-hybridized carbons (Fsp3) is 0.111. The molecule has 0 unspecified atom stereocenters. The first-order chi connectivity index (χ1) is 13.7. The average Bonchev–Trinajstić information content (AvgIpc) is 2.93. The van der Waals surface area contributed by atoms with Crippen molar-refractivity contribution in [3.05, 3.63) is 66.5 Å². The molecule has 0 spiro atoms. The van der Waals surface area contributed by atoms with Crippen LogP contribution in [-0.4, -0.2) is 33.2 Å². The molecule has 1 N–H and O–H groups in total. The van der Waals surface area contributed by atoms with Crippen LogP contribution in [0.5, 0.6) is 11.5 Å². The molecule has 11 heteroatoms. The van der Waals surface area contributed by atoms with E-state index in [0.29, 0.717) is 27.4 Å². The summed E-state index contributed by atoms with van der Waals surface area (Å²) in [6.45, 7) is -0.00204. The number of thioether (sulfide) groups is 1. The Morgan fingerprint density at radius 3 is 2.59 bits per heavy atom. The summed E-state index contributed by atoms with van der Waals surface area (Å²) in [5.74, 6) is -1.30. The molecule has 0 aliphatic carbocycles. The van der Waals surface area contributed by atoms with Gasteiger partial charge in [-0.2, -0.15) is 0 Å². The van der Waals surface area contributed by atoms with E-state index in [1.54, 1.807) is 18.2 Å². The first-order valence-electron chi connectivity index (χ1n) is 7.96. The fourth-order valence-electron chi connectivity index (χ4n) is 2.60. The lowest BCUT2D eigenvalue weighted by atomic mass is 10.1. The van der Waals surface area contributed by atoms with Crippen LogP contribution in [0.1, 0.15) is 11.1 Å². The van der Waals surface area contributed by atoms with E-state index in [4.69, 9.17) is 27.9 Å². The number of nitro benzene ring substituents is 1. The zero-order valence-corrected chi connectivity index (χ0v) is 17.0. The van der Waals surface area contributed by atoms with Crippen LogP contribution in [0.15, 0.2) is 35.2 Å². The highest BCUT2D eigenvalue weighted by molar-refractivity contribution is 8.18. The third kappa shape index (κ3) is 4.31. The summed E-state index contributed by atoms with van der Waals surface area (Å²) in [7, 11) is 1.24. The van der Waals surface area contributed by atoms with Gasteiger partial charge in [-0.1, -0.05) is 29.3 Å². The van der Waals surface area contributed by atoms with E-state index in [0.717, 1.165) is 11.0 Å². The van der Waals surface area contributed by atoms with Crippen LogP contribution >= 0.6 is 35.0 Å². The molecular formula is C18H12Cl2N2O6S. The molecule has 0 aromatic heterocycles. The van der Waals surface area contributed by atoms with Gasteiger partial charge in [0.25, 0.3) is 11.1 Å². The number of carbonyl (C=O) groups excluding carboxylic acids is 2. The van der Waals surface area contributed by atoms with Crippen LogP contribution in [0.3, 0.4) is 0 Å². The molecule has 0 atom stereocenters. The zero-order chi connectivity index (χ0) is 21.3. The maximum Gasteiger partial charge on any atom is 0.315 e. The number of benzene rings is 2. The Balaban J connectivity index is 1.91. The third-order valence-electron chi connectivity index (χ3n) is 3.99. The number of imide groups is 1. The molecule has 0 radical (unpaired) electrons. The summed E-state index contributed by atoms with van der Waals surface area (Å²) in [6, 6.07) is 7.19. The number of nitro groups is 1. The summed E-state index contributed by atoms with van der Waals surface area (Å²) in [5.41, 5.74) is 0.266. The molecule has 1 aliphatic heterocycles. The van der Waals surface area contributed by atoms with Crippen LogP contribution in [0.4, 0.5) is 10.5 Å². The topological polar surface area (TPSA) is 110 Å². The van der Waals surface area contributed by atoms with E-state index in [9.17, 15) is 24.8 Å². The van der Waals surface area contributed by atoms with Gasteiger partial charge >= 0.3 is 5.69 Å². The van der Waals surface area contributed by atoms with Gasteiger partial charge < -0.3 is 9.84 Å². The number of phenols is 1. The number of carbonyl (C=O) groups is 2. The maximum absolute atomic E-state index is 12.7. The van der Waals surface area contributed by atoms with Crippen LogP contribution in [0.2, 0.25) is 10.0 Å². The van der Waals surface area contributed by atoms with Crippen molar-refractivity contribution in [2.24, 2.45) is 0 Å². The number of amides is 2. The second-order valence-electron chi connectivity index (χ2n) is 5.86. The van der Waals surface area contributed by atoms with Crippen molar-refractivity contribution in [2.45, 2.75) is 6.54 Å². The molecule has 1 heterocycles. The standard InChI is InChI=1S/C18H12Cl2N2O6S/c1-28-14-6-10(5-13(16(14)23)22(26)27)7-15-17(24)21(18(25)29-15)8-9-2-3-11(19)12(20)4-9/h2-7,23H,8H2,1H3. The largest absolute Gasteiger partial charge is 0.500 e. The number of aromatic hydroxyl groups is 1. The SMILES string of the molecule is COc1cc(C=C2SC(=O)N(Cc3ccc(Cl)c(Cl)c3)C2=O)cc([N+](=O)[O-])c1O. The van der Waals surface area contributed by atoms with Crippen molar-refractivity contribution in [2.75, 3.05) is 7.11 Å². The Labute approximate surface area is 178 Å². The minimum absolute atomic E-state index is 0.00204. The molecule has 2 aromatic rings. The summed E-state index contributed by atoms with van der Waals surface area (Å²) in [5, 5.41) is 21.1. The van der Waals surface area contributed by atoms with Crippen molar-refractivity contribution >= 4 is 57.9 Å².